The SMILES string of the molecule is COC(=O)c1cn(Cc2ccc(OC)cc2)c2nc(N)nc(Cl)c12. The normalized spacial score (nSPS) is 10.8. The summed E-state index contributed by atoms with van der Waals surface area (Å²) >= 11 is 6.16. The van der Waals surface area contributed by atoms with Gasteiger partial charge in [-0.05, 0) is 17.7 Å². The fraction of sp³-hybridized carbons (Fsp3) is 0.188. The third-order valence-corrected chi connectivity index (χ3v) is 3.88. The molecule has 3 rings (SSSR count). The minimum Gasteiger partial charge on any atom is -0.497 e. The topological polar surface area (TPSA) is 92.3 Å². The number of hydrogen-bond donors (Lipinski definition) is 1. The summed E-state index contributed by atoms with van der Waals surface area (Å²) in [6, 6.07) is 7.57. The maximum atomic E-state index is 12.0. The van der Waals surface area contributed by atoms with E-state index in [9.17, 15) is 4.79 Å². The lowest BCUT2D eigenvalue weighted by atomic mass is 10.2. The Hall–Kier alpha value is -2.80. The summed E-state index contributed by atoms with van der Waals surface area (Å²) in [6.07, 6.45) is 1.64. The maximum absolute atomic E-state index is 12.0. The zero-order valence-electron chi connectivity index (χ0n) is 13.1. The number of esters is 1. The molecule has 124 valence electrons. The number of hydrogen-bond acceptors (Lipinski definition) is 6. The predicted octanol–water partition coefficient (Wildman–Crippen LogP) is 2.51. The fourth-order valence-corrected chi connectivity index (χ4v) is 2.74. The number of carbonyl (C=O) groups is 1. The van der Waals surface area contributed by atoms with Gasteiger partial charge in [-0.25, -0.2) is 9.78 Å². The van der Waals surface area contributed by atoms with Crippen molar-refractivity contribution >= 4 is 34.6 Å². The molecule has 24 heavy (non-hydrogen) atoms. The van der Waals surface area contributed by atoms with Gasteiger partial charge in [0.1, 0.15) is 16.5 Å². The molecule has 0 fully saturated rings. The zero-order chi connectivity index (χ0) is 17.3. The van der Waals surface area contributed by atoms with Crippen molar-refractivity contribution in [2.75, 3.05) is 20.0 Å². The van der Waals surface area contributed by atoms with Gasteiger partial charge in [-0.3, -0.25) is 0 Å². The minimum atomic E-state index is -0.510. The van der Waals surface area contributed by atoms with Gasteiger partial charge in [0.15, 0.2) is 0 Å². The Labute approximate surface area is 143 Å². The van der Waals surface area contributed by atoms with Crippen LogP contribution in [0.5, 0.6) is 5.75 Å². The van der Waals surface area contributed by atoms with Crippen molar-refractivity contribution in [3.63, 3.8) is 0 Å². The average Bonchev–Trinajstić information content (AvgIpc) is 2.93. The first-order chi connectivity index (χ1) is 11.5. The Morgan fingerprint density at radius 2 is 1.96 bits per heavy atom. The van der Waals surface area contributed by atoms with E-state index in [0.717, 1.165) is 11.3 Å². The maximum Gasteiger partial charge on any atom is 0.340 e. The Bertz CT molecular complexity index is 906. The van der Waals surface area contributed by atoms with Gasteiger partial charge in [0.2, 0.25) is 5.95 Å². The van der Waals surface area contributed by atoms with Crippen molar-refractivity contribution in [2.24, 2.45) is 0 Å². The van der Waals surface area contributed by atoms with Gasteiger partial charge in [-0.15, -0.1) is 0 Å². The van der Waals surface area contributed by atoms with Gasteiger partial charge in [0.25, 0.3) is 0 Å². The highest BCUT2D eigenvalue weighted by Gasteiger charge is 2.21. The first-order valence-electron chi connectivity index (χ1n) is 7.06. The van der Waals surface area contributed by atoms with Crippen LogP contribution in [0, 0.1) is 0 Å². The second-order valence-electron chi connectivity index (χ2n) is 5.08. The number of fused-ring (bicyclic) bond motifs is 1. The lowest BCUT2D eigenvalue weighted by molar-refractivity contribution is 0.0602. The van der Waals surface area contributed by atoms with E-state index in [1.54, 1.807) is 17.9 Å². The first kappa shape index (κ1) is 16.1. The van der Waals surface area contributed by atoms with E-state index in [2.05, 4.69) is 9.97 Å². The summed E-state index contributed by atoms with van der Waals surface area (Å²) in [5.41, 5.74) is 7.46. The molecule has 0 saturated carbocycles. The number of halogens is 1. The number of nitrogens with zero attached hydrogens (tertiary/aromatic N) is 3. The molecular formula is C16H15ClN4O3. The number of anilines is 1. The van der Waals surface area contributed by atoms with Crippen LogP contribution in [-0.4, -0.2) is 34.7 Å². The molecule has 7 nitrogen and oxygen atoms in total. The number of nitrogens with two attached hydrogens (primary N) is 1. The molecular weight excluding hydrogens is 332 g/mol. The van der Waals surface area contributed by atoms with E-state index in [1.165, 1.54) is 7.11 Å². The number of aromatic nitrogens is 3. The van der Waals surface area contributed by atoms with Gasteiger partial charge in [-0.1, -0.05) is 23.7 Å². The highest BCUT2D eigenvalue weighted by Crippen LogP contribution is 2.28. The molecule has 0 unspecified atom stereocenters. The van der Waals surface area contributed by atoms with Crippen LogP contribution >= 0.6 is 11.6 Å². The van der Waals surface area contributed by atoms with Crippen LogP contribution in [0.15, 0.2) is 30.5 Å². The van der Waals surface area contributed by atoms with Crippen LogP contribution < -0.4 is 10.5 Å². The van der Waals surface area contributed by atoms with Crippen LogP contribution in [0.25, 0.3) is 11.0 Å². The molecule has 3 aromatic rings. The Kier molecular flexibility index (Phi) is 4.26. The molecule has 2 N–H and O–H groups in total. The molecule has 2 heterocycles. The number of carbonyl (C=O) groups excluding carboxylic acids is 1. The van der Waals surface area contributed by atoms with E-state index in [1.807, 2.05) is 24.3 Å². The summed E-state index contributed by atoms with van der Waals surface area (Å²) in [4.78, 5) is 20.1. The van der Waals surface area contributed by atoms with E-state index >= 15 is 0 Å². The van der Waals surface area contributed by atoms with E-state index in [-0.39, 0.29) is 11.1 Å². The Morgan fingerprint density at radius 3 is 2.58 bits per heavy atom. The molecule has 1 aromatic carbocycles. The lowest BCUT2D eigenvalue weighted by Gasteiger charge is -2.06. The second-order valence-corrected chi connectivity index (χ2v) is 5.44. The molecule has 0 aliphatic rings. The molecule has 0 amide bonds. The molecule has 0 aliphatic carbocycles. The van der Waals surface area contributed by atoms with E-state index < -0.39 is 5.97 Å². The number of rotatable bonds is 4. The van der Waals surface area contributed by atoms with E-state index in [0.29, 0.717) is 23.1 Å². The van der Waals surface area contributed by atoms with Crippen molar-refractivity contribution in [2.45, 2.75) is 6.54 Å². The molecule has 0 aliphatic heterocycles. The zero-order valence-corrected chi connectivity index (χ0v) is 13.9. The van der Waals surface area contributed by atoms with Crippen LogP contribution in [-0.2, 0) is 11.3 Å². The number of benzene rings is 1. The predicted molar refractivity (Wildman–Crippen MR) is 90.4 cm³/mol. The van der Waals surface area contributed by atoms with Crippen LogP contribution in [0.2, 0.25) is 5.15 Å². The summed E-state index contributed by atoms with van der Waals surface area (Å²) < 4.78 is 11.7. The van der Waals surface area contributed by atoms with Crippen LogP contribution in [0.1, 0.15) is 15.9 Å². The molecule has 0 bridgehead atoms. The number of nitrogen functional groups attached to an aromatic ring is 1. The quantitative estimate of drug-likeness (QED) is 0.576. The molecule has 0 saturated heterocycles. The molecule has 2 aromatic heterocycles. The van der Waals surface area contributed by atoms with Crippen molar-refractivity contribution in [3.8, 4) is 5.75 Å². The third kappa shape index (κ3) is 2.85. The van der Waals surface area contributed by atoms with Gasteiger partial charge < -0.3 is 19.8 Å². The minimum absolute atomic E-state index is 0.0398. The molecule has 0 spiro atoms. The van der Waals surface area contributed by atoms with Gasteiger partial charge in [-0.2, -0.15) is 4.98 Å². The summed E-state index contributed by atoms with van der Waals surface area (Å²) in [5, 5.41) is 0.539. The van der Waals surface area contributed by atoms with Crippen molar-refractivity contribution < 1.29 is 14.3 Å². The Balaban J connectivity index is 2.11. The standard InChI is InChI=1S/C16H15ClN4O3/c1-23-10-5-3-9(4-6-10)7-21-8-11(15(22)24-2)12-13(17)19-16(18)20-14(12)21/h3-6,8H,7H2,1-2H3,(H2,18,19,20). The van der Waals surface area contributed by atoms with E-state index in [4.69, 9.17) is 26.8 Å². The largest absolute Gasteiger partial charge is 0.497 e. The summed E-state index contributed by atoms with van der Waals surface area (Å²) in [5.74, 6) is 0.294. The average molecular weight is 347 g/mol. The van der Waals surface area contributed by atoms with Gasteiger partial charge >= 0.3 is 5.97 Å². The second kappa shape index (κ2) is 6.37. The molecule has 0 atom stereocenters. The monoisotopic (exact) mass is 346 g/mol. The Morgan fingerprint density at radius 1 is 1.25 bits per heavy atom. The molecule has 0 radical (unpaired) electrons. The summed E-state index contributed by atoms with van der Waals surface area (Å²) in [6.45, 7) is 0.476. The number of ether oxygens (including phenoxy) is 2. The highest BCUT2D eigenvalue weighted by atomic mass is 35.5. The van der Waals surface area contributed by atoms with Crippen molar-refractivity contribution in [1.82, 2.24) is 14.5 Å². The molecule has 8 heteroatoms. The summed E-state index contributed by atoms with van der Waals surface area (Å²) in [7, 11) is 2.92. The lowest BCUT2D eigenvalue weighted by Crippen LogP contribution is -2.02. The van der Waals surface area contributed by atoms with Crippen molar-refractivity contribution in [3.05, 3.63) is 46.7 Å². The third-order valence-electron chi connectivity index (χ3n) is 3.61. The van der Waals surface area contributed by atoms with Gasteiger partial charge in [0.05, 0.1) is 25.2 Å². The first-order valence-corrected chi connectivity index (χ1v) is 7.44. The van der Waals surface area contributed by atoms with Gasteiger partial charge in [0, 0.05) is 12.7 Å². The van der Waals surface area contributed by atoms with Crippen LogP contribution in [0.3, 0.4) is 0 Å². The highest BCUT2D eigenvalue weighted by molar-refractivity contribution is 6.35. The fourth-order valence-electron chi connectivity index (χ4n) is 2.47. The smallest absolute Gasteiger partial charge is 0.340 e. The van der Waals surface area contributed by atoms with Crippen LogP contribution in [0.4, 0.5) is 5.95 Å². The number of methoxy groups -OCH3 is 2. The van der Waals surface area contributed by atoms with Crippen molar-refractivity contribution in [1.29, 1.82) is 0 Å².